The van der Waals surface area contributed by atoms with Gasteiger partial charge in [-0.25, -0.2) is 8.78 Å². The van der Waals surface area contributed by atoms with Crippen LogP contribution in [0.25, 0.3) is 0 Å². The maximum atomic E-state index is 12.8. The molecule has 3 rings (SSSR count). The standard InChI is InChI=1S/C14H21F2NO3/c1-2-19-11-3-4-20-13(7-11)8-17(9-13)12(18)10-5-14(15,16)6-10/h10-11H,2-9H2,1H3. The molecule has 114 valence electrons. The lowest BCUT2D eigenvalue weighted by atomic mass is 9.77. The van der Waals surface area contributed by atoms with Crippen molar-refractivity contribution in [1.82, 2.24) is 4.90 Å². The number of hydrogen-bond donors (Lipinski definition) is 0. The van der Waals surface area contributed by atoms with Gasteiger partial charge in [0.15, 0.2) is 0 Å². The third-order valence-corrected chi connectivity index (χ3v) is 4.56. The van der Waals surface area contributed by atoms with Gasteiger partial charge in [-0.2, -0.15) is 0 Å². The highest BCUT2D eigenvalue weighted by Gasteiger charge is 2.55. The number of halogens is 2. The predicted octanol–water partition coefficient (Wildman–Crippen LogP) is 1.83. The summed E-state index contributed by atoms with van der Waals surface area (Å²) in [7, 11) is 0. The first-order valence-corrected chi connectivity index (χ1v) is 7.35. The van der Waals surface area contributed by atoms with E-state index in [2.05, 4.69) is 0 Å². The zero-order chi connectivity index (χ0) is 14.4. The van der Waals surface area contributed by atoms with Gasteiger partial charge in [0.05, 0.1) is 19.2 Å². The Morgan fingerprint density at radius 1 is 1.35 bits per heavy atom. The third kappa shape index (κ3) is 2.55. The van der Waals surface area contributed by atoms with Crippen molar-refractivity contribution in [3.63, 3.8) is 0 Å². The number of ether oxygens (including phenoxy) is 2. The SMILES string of the molecule is CCOC1CCOC2(C1)CN(C(=O)C1CC(F)(F)C1)C2. The average molecular weight is 289 g/mol. The van der Waals surface area contributed by atoms with Crippen LogP contribution in [0.5, 0.6) is 0 Å². The number of hydrogen-bond acceptors (Lipinski definition) is 3. The number of carbonyl (C=O) groups is 1. The van der Waals surface area contributed by atoms with Crippen molar-refractivity contribution in [3.8, 4) is 0 Å². The number of alkyl halides is 2. The fourth-order valence-corrected chi connectivity index (χ4v) is 3.48. The van der Waals surface area contributed by atoms with Crippen LogP contribution in [0.1, 0.15) is 32.6 Å². The van der Waals surface area contributed by atoms with Crippen LogP contribution in [0.4, 0.5) is 8.78 Å². The van der Waals surface area contributed by atoms with E-state index in [1.807, 2.05) is 6.92 Å². The summed E-state index contributed by atoms with van der Waals surface area (Å²) in [6.45, 7) is 4.35. The minimum absolute atomic E-state index is 0.135. The molecule has 0 bridgehead atoms. The number of amides is 1. The second-order valence-corrected chi connectivity index (χ2v) is 6.26. The average Bonchev–Trinajstić information content (AvgIpc) is 2.33. The molecule has 0 aromatic carbocycles. The molecule has 1 saturated carbocycles. The third-order valence-electron chi connectivity index (χ3n) is 4.56. The quantitative estimate of drug-likeness (QED) is 0.795. The number of rotatable bonds is 3. The van der Waals surface area contributed by atoms with Gasteiger partial charge in [-0.05, 0) is 13.3 Å². The summed E-state index contributed by atoms with van der Waals surface area (Å²) in [6, 6.07) is 0. The van der Waals surface area contributed by atoms with Gasteiger partial charge in [0.25, 0.3) is 0 Å². The summed E-state index contributed by atoms with van der Waals surface area (Å²) in [6.07, 6.45) is 1.29. The molecule has 20 heavy (non-hydrogen) atoms. The van der Waals surface area contributed by atoms with Gasteiger partial charge in [-0.3, -0.25) is 4.79 Å². The van der Waals surface area contributed by atoms with E-state index < -0.39 is 11.8 Å². The monoisotopic (exact) mass is 289 g/mol. The van der Waals surface area contributed by atoms with Gasteiger partial charge >= 0.3 is 0 Å². The number of carbonyl (C=O) groups excluding carboxylic acids is 1. The summed E-state index contributed by atoms with van der Waals surface area (Å²) in [5.41, 5.74) is -0.292. The minimum Gasteiger partial charge on any atom is -0.378 e. The summed E-state index contributed by atoms with van der Waals surface area (Å²) in [4.78, 5) is 13.7. The molecule has 1 unspecified atom stereocenters. The summed E-state index contributed by atoms with van der Waals surface area (Å²) in [5, 5.41) is 0. The van der Waals surface area contributed by atoms with E-state index >= 15 is 0 Å². The molecule has 4 nitrogen and oxygen atoms in total. The van der Waals surface area contributed by atoms with Gasteiger partial charge in [-0.1, -0.05) is 0 Å². The lowest BCUT2D eigenvalue weighted by Gasteiger charge is -2.54. The highest BCUT2D eigenvalue weighted by atomic mass is 19.3. The van der Waals surface area contributed by atoms with Crippen molar-refractivity contribution in [2.45, 2.75) is 50.2 Å². The minimum atomic E-state index is -2.63. The first-order valence-electron chi connectivity index (χ1n) is 7.35. The van der Waals surface area contributed by atoms with Gasteiger partial charge < -0.3 is 14.4 Å². The molecule has 2 heterocycles. The molecule has 1 atom stereocenters. The van der Waals surface area contributed by atoms with E-state index in [-0.39, 0.29) is 30.5 Å². The van der Waals surface area contributed by atoms with Crippen molar-refractivity contribution in [1.29, 1.82) is 0 Å². The number of nitrogens with zero attached hydrogens (tertiary/aromatic N) is 1. The molecule has 1 spiro atoms. The highest BCUT2D eigenvalue weighted by molar-refractivity contribution is 5.81. The molecule has 0 aromatic rings. The molecule has 6 heteroatoms. The number of likely N-dealkylation sites (tertiary alicyclic amines) is 1. The smallest absolute Gasteiger partial charge is 0.249 e. The van der Waals surface area contributed by atoms with E-state index in [4.69, 9.17) is 9.47 Å². The Hall–Kier alpha value is -0.750. The van der Waals surface area contributed by atoms with E-state index in [1.165, 1.54) is 0 Å². The molecule has 0 aromatic heterocycles. The van der Waals surface area contributed by atoms with E-state index in [1.54, 1.807) is 4.90 Å². The molecule has 1 amide bonds. The molecule has 3 fully saturated rings. The second kappa shape index (κ2) is 4.91. The van der Waals surface area contributed by atoms with E-state index in [0.717, 1.165) is 12.8 Å². The Labute approximate surface area is 117 Å². The van der Waals surface area contributed by atoms with Crippen LogP contribution in [0.2, 0.25) is 0 Å². The molecular weight excluding hydrogens is 268 g/mol. The normalized spacial score (nSPS) is 31.8. The summed E-state index contributed by atoms with van der Waals surface area (Å²) >= 11 is 0. The topological polar surface area (TPSA) is 38.8 Å². The predicted molar refractivity (Wildman–Crippen MR) is 67.6 cm³/mol. The van der Waals surface area contributed by atoms with E-state index in [9.17, 15) is 13.6 Å². The molecular formula is C14H21F2NO3. The van der Waals surface area contributed by atoms with Crippen LogP contribution in [0.15, 0.2) is 0 Å². The van der Waals surface area contributed by atoms with Crippen LogP contribution in [0.3, 0.4) is 0 Å². The fraction of sp³-hybridized carbons (Fsp3) is 0.929. The molecule has 2 aliphatic heterocycles. The van der Waals surface area contributed by atoms with Gasteiger partial charge in [0.1, 0.15) is 5.60 Å². The molecule has 0 radical (unpaired) electrons. The maximum absolute atomic E-state index is 12.8. The van der Waals surface area contributed by atoms with Crippen LogP contribution in [0, 0.1) is 5.92 Å². The van der Waals surface area contributed by atoms with Crippen molar-refractivity contribution >= 4 is 5.91 Å². The molecule has 2 saturated heterocycles. The Kier molecular flexibility index (Phi) is 3.49. The highest BCUT2D eigenvalue weighted by Crippen LogP contribution is 2.45. The second-order valence-electron chi connectivity index (χ2n) is 6.26. The zero-order valence-corrected chi connectivity index (χ0v) is 11.7. The van der Waals surface area contributed by atoms with Crippen molar-refractivity contribution < 1.29 is 23.0 Å². The Bertz CT molecular complexity index is 386. The van der Waals surface area contributed by atoms with Crippen LogP contribution < -0.4 is 0 Å². The first-order chi connectivity index (χ1) is 9.43. The fourth-order valence-electron chi connectivity index (χ4n) is 3.48. The van der Waals surface area contributed by atoms with Crippen molar-refractivity contribution in [2.24, 2.45) is 5.92 Å². The van der Waals surface area contributed by atoms with Gasteiger partial charge in [0.2, 0.25) is 11.8 Å². The van der Waals surface area contributed by atoms with Crippen LogP contribution in [-0.4, -0.2) is 54.7 Å². The molecule has 3 aliphatic rings. The van der Waals surface area contributed by atoms with Gasteiger partial charge in [0, 0.05) is 38.4 Å². The zero-order valence-electron chi connectivity index (χ0n) is 11.7. The molecule has 0 N–H and O–H groups in total. The maximum Gasteiger partial charge on any atom is 0.249 e. The molecule has 1 aliphatic carbocycles. The van der Waals surface area contributed by atoms with Crippen molar-refractivity contribution in [3.05, 3.63) is 0 Å². The lowest BCUT2D eigenvalue weighted by molar-refractivity contribution is -0.209. The van der Waals surface area contributed by atoms with Gasteiger partial charge in [-0.15, -0.1) is 0 Å². The Balaban J connectivity index is 1.49. The summed E-state index contributed by atoms with van der Waals surface area (Å²) < 4.78 is 37.1. The Morgan fingerprint density at radius 2 is 2.05 bits per heavy atom. The van der Waals surface area contributed by atoms with Crippen molar-refractivity contribution in [2.75, 3.05) is 26.3 Å². The van der Waals surface area contributed by atoms with Crippen LogP contribution >= 0.6 is 0 Å². The van der Waals surface area contributed by atoms with E-state index in [0.29, 0.717) is 26.3 Å². The summed E-state index contributed by atoms with van der Waals surface area (Å²) in [5.74, 6) is -3.26. The van der Waals surface area contributed by atoms with Crippen LogP contribution in [-0.2, 0) is 14.3 Å². The first kappa shape index (κ1) is 14.2. The lowest BCUT2D eigenvalue weighted by Crippen LogP contribution is -2.68. The Morgan fingerprint density at radius 3 is 2.65 bits per heavy atom. The largest absolute Gasteiger partial charge is 0.378 e.